The molecule has 0 spiro atoms. The standard InChI is InChI=1S/C26H26N4O/c1-6-27-25-24(17(2)3)18(4)28-30(25)19(5)23-16-20-12-10-11-15-22(20)26(31)29(23)21-13-8-7-9-14-21/h6-16,19H,2H2,1,3-5H3. The van der Waals surface area contributed by atoms with Crippen molar-refractivity contribution in [1.82, 2.24) is 14.3 Å². The molecular weight excluding hydrogens is 384 g/mol. The average Bonchev–Trinajstić information content (AvgIpc) is 3.10. The van der Waals surface area contributed by atoms with Gasteiger partial charge in [-0.25, -0.2) is 9.67 Å². The molecule has 2 aromatic heterocycles. The highest BCUT2D eigenvalue weighted by molar-refractivity contribution is 5.82. The Morgan fingerprint density at radius 2 is 1.81 bits per heavy atom. The van der Waals surface area contributed by atoms with Crippen molar-refractivity contribution >= 4 is 28.4 Å². The predicted molar refractivity (Wildman–Crippen MR) is 129 cm³/mol. The number of aryl methyl sites for hydroxylation is 1. The third-order valence-electron chi connectivity index (χ3n) is 5.50. The van der Waals surface area contributed by atoms with Crippen molar-refractivity contribution < 1.29 is 0 Å². The fourth-order valence-electron chi connectivity index (χ4n) is 4.11. The molecule has 4 rings (SSSR count). The summed E-state index contributed by atoms with van der Waals surface area (Å²) in [6.45, 7) is 12.0. The normalized spacial score (nSPS) is 12.5. The Bertz CT molecular complexity index is 1360. The van der Waals surface area contributed by atoms with Gasteiger partial charge >= 0.3 is 0 Å². The third kappa shape index (κ3) is 3.52. The van der Waals surface area contributed by atoms with Crippen molar-refractivity contribution in [1.29, 1.82) is 0 Å². The molecule has 5 heteroatoms. The van der Waals surface area contributed by atoms with Gasteiger partial charge in [-0.2, -0.15) is 5.10 Å². The molecule has 31 heavy (non-hydrogen) atoms. The van der Waals surface area contributed by atoms with Crippen LogP contribution in [0.4, 0.5) is 5.82 Å². The summed E-state index contributed by atoms with van der Waals surface area (Å²) in [7, 11) is 0. The second-order valence-electron chi connectivity index (χ2n) is 7.70. The summed E-state index contributed by atoms with van der Waals surface area (Å²) < 4.78 is 3.67. The molecule has 0 saturated heterocycles. The fourth-order valence-corrected chi connectivity index (χ4v) is 4.11. The fraction of sp³-hybridized carbons (Fsp3) is 0.192. The summed E-state index contributed by atoms with van der Waals surface area (Å²) in [6.07, 6.45) is 1.76. The largest absolute Gasteiger partial charge is 0.279 e. The van der Waals surface area contributed by atoms with Gasteiger partial charge in [0.25, 0.3) is 5.56 Å². The summed E-state index contributed by atoms with van der Waals surface area (Å²) in [5.41, 5.74) is 4.35. The Morgan fingerprint density at radius 1 is 1.13 bits per heavy atom. The van der Waals surface area contributed by atoms with E-state index in [0.717, 1.165) is 39.4 Å². The zero-order valence-corrected chi connectivity index (χ0v) is 18.3. The van der Waals surface area contributed by atoms with Gasteiger partial charge in [0.1, 0.15) is 0 Å². The molecule has 0 radical (unpaired) electrons. The molecule has 0 aliphatic heterocycles. The van der Waals surface area contributed by atoms with Crippen LogP contribution >= 0.6 is 0 Å². The Balaban J connectivity index is 2.04. The van der Waals surface area contributed by atoms with Crippen molar-refractivity contribution in [3.05, 3.63) is 94.5 Å². The zero-order valence-electron chi connectivity index (χ0n) is 18.3. The zero-order chi connectivity index (χ0) is 22.1. The molecule has 0 aliphatic carbocycles. The minimum Gasteiger partial charge on any atom is -0.279 e. The predicted octanol–water partition coefficient (Wildman–Crippen LogP) is 5.86. The molecule has 2 aromatic carbocycles. The van der Waals surface area contributed by atoms with Crippen molar-refractivity contribution in [2.24, 2.45) is 4.99 Å². The van der Waals surface area contributed by atoms with Crippen LogP contribution in [0, 0.1) is 6.92 Å². The van der Waals surface area contributed by atoms with E-state index in [9.17, 15) is 4.79 Å². The first-order valence-corrected chi connectivity index (χ1v) is 10.4. The van der Waals surface area contributed by atoms with E-state index in [2.05, 4.69) is 17.6 Å². The molecule has 0 bridgehead atoms. The lowest BCUT2D eigenvalue weighted by molar-refractivity contribution is 0.540. The molecule has 0 N–H and O–H groups in total. The Kier molecular flexibility index (Phi) is 5.42. The number of aliphatic imine (C=N–C) groups is 1. The molecule has 0 fully saturated rings. The number of allylic oxidation sites excluding steroid dienone is 1. The number of fused-ring (bicyclic) bond motifs is 1. The molecular formula is C26H26N4O. The van der Waals surface area contributed by atoms with Gasteiger partial charge in [-0.15, -0.1) is 0 Å². The number of para-hydroxylation sites is 1. The molecule has 2 heterocycles. The van der Waals surface area contributed by atoms with Crippen LogP contribution in [-0.2, 0) is 0 Å². The van der Waals surface area contributed by atoms with Gasteiger partial charge in [0.15, 0.2) is 5.82 Å². The first kappa shape index (κ1) is 20.5. The van der Waals surface area contributed by atoms with E-state index in [4.69, 9.17) is 5.10 Å². The van der Waals surface area contributed by atoms with Crippen molar-refractivity contribution in [3.63, 3.8) is 0 Å². The molecule has 1 atom stereocenters. The maximum atomic E-state index is 13.6. The smallest absolute Gasteiger partial charge is 0.263 e. The highest BCUT2D eigenvalue weighted by Crippen LogP contribution is 2.34. The molecule has 4 aromatic rings. The highest BCUT2D eigenvalue weighted by Gasteiger charge is 2.23. The third-order valence-corrected chi connectivity index (χ3v) is 5.50. The Hall–Kier alpha value is -3.73. The summed E-state index contributed by atoms with van der Waals surface area (Å²) in [5, 5.41) is 6.39. The maximum Gasteiger partial charge on any atom is 0.263 e. The van der Waals surface area contributed by atoms with Gasteiger partial charge in [0.05, 0.1) is 17.4 Å². The molecule has 0 aliphatic rings. The van der Waals surface area contributed by atoms with Gasteiger partial charge in [-0.1, -0.05) is 43.0 Å². The van der Waals surface area contributed by atoms with Gasteiger partial charge in [-0.05, 0) is 62.9 Å². The number of hydrogen-bond acceptors (Lipinski definition) is 3. The van der Waals surface area contributed by atoms with E-state index in [0.29, 0.717) is 5.39 Å². The number of pyridine rings is 1. The van der Waals surface area contributed by atoms with Crippen LogP contribution in [0.25, 0.3) is 22.0 Å². The van der Waals surface area contributed by atoms with Gasteiger partial charge in [-0.3, -0.25) is 9.36 Å². The Morgan fingerprint density at radius 3 is 2.48 bits per heavy atom. The second-order valence-corrected chi connectivity index (χ2v) is 7.70. The summed E-state index contributed by atoms with van der Waals surface area (Å²) in [5.74, 6) is 0.750. The summed E-state index contributed by atoms with van der Waals surface area (Å²) >= 11 is 0. The van der Waals surface area contributed by atoms with E-state index in [-0.39, 0.29) is 11.6 Å². The molecule has 5 nitrogen and oxygen atoms in total. The minimum absolute atomic E-state index is 0.0457. The molecule has 156 valence electrons. The van der Waals surface area contributed by atoms with Gasteiger partial charge in [0.2, 0.25) is 0 Å². The van der Waals surface area contributed by atoms with E-state index in [1.165, 1.54) is 0 Å². The van der Waals surface area contributed by atoms with Crippen LogP contribution in [0.2, 0.25) is 0 Å². The molecule has 0 saturated carbocycles. The van der Waals surface area contributed by atoms with E-state index >= 15 is 0 Å². The average molecular weight is 411 g/mol. The van der Waals surface area contributed by atoms with E-state index in [1.807, 2.05) is 87.0 Å². The van der Waals surface area contributed by atoms with Crippen molar-refractivity contribution in [3.8, 4) is 5.69 Å². The Labute approximate surface area is 182 Å². The van der Waals surface area contributed by atoms with Crippen LogP contribution < -0.4 is 5.56 Å². The lowest BCUT2D eigenvalue weighted by Crippen LogP contribution is -2.25. The summed E-state index contributed by atoms with van der Waals surface area (Å²) in [6, 6.07) is 19.3. The van der Waals surface area contributed by atoms with E-state index < -0.39 is 0 Å². The lowest BCUT2D eigenvalue weighted by atomic mass is 10.1. The maximum absolute atomic E-state index is 13.6. The van der Waals surface area contributed by atoms with Crippen molar-refractivity contribution in [2.75, 3.05) is 0 Å². The highest BCUT2D eigenvalue weighted by atomic mass is 16.1. The lowest BCUT2D eigenvalue weighted by Gasteiger charge is -2.21. The van der Waals surface area contributed by atoms with Crippen LogP contribution in [0.15, 0.2) is 77.0 Å². The molecule has 0 amide bonds. The first-order valence-electron chi connectivity index (χ1n) is 10.4. The second kappa shape index (κ2) is 8.19. The number of benzene rings is 2. The number of aromatic nitrogens is 3. The minimum atomic E-state index is -0.233. The molecule has 1 unspecified atom stereocenters. The van der Waals surface area contributed by atoms with Crippen LogP contribution in [-0.4, -0.2) is 20.6 Å². The van der Waals surface area contributed by atoms with Crippen LogP contribution in [0.5, 0.6) is 0 Å². The van der Waals surface area contributed by atoms with E-state index in [1.54, 1.807) is 10.8 Å². The quantitative estimate of drug-likeness (QED) is 0.387. The number of nitrogens with zero attached hydrogens (tertiary/aromatic N) is 4. The summed E-state index contributed by atoms with van der Waals surface area (Å²) in [4.78, 5) is 18.2. The van der Waals surface area contributed by atoms with Gasteiger partial charge < -0.3 is 0 Å². The monoisotopic (exact) mass is 410 g/mol. The van der Waals surface area contributed by atoms with Gasteiger partial charge in [0, 0.05) is 22.9 Å². The SMILES string of the molecule is C=C(C)c1c(C)nn(C(C)c2cc3ccccc3c(=O)n2-c2ccccc2)c1N=CC. The topological polar surface area (TPSA) is 52.2 Å². The van der Waals surface area contributed by atoms with Crippen LogP contribution in [0.3, 0.4) is 0 Å². The number of rotatable bonds is 5. The number of hydrogen-bond donors (Lipinski definition) is 0. The van der Waals surface area contributed by atoms with Crippen LogP contribution in [0.1, 0.15) is 43.8 Å². The first-order chi connectivity index (χ1) is 14.9. The van der Waals surface area contributed by atoms with Crippen molar-refractivity contribution in [2.45, 2.75) is 33.7 Å².